The third-order valence-corrected chi connectivity index (χ3v) is 6.14. The maximum Gasteiger partial charge on any atom is 0.308 e. The summed E-state index contributed by atoms with van der Waals surface area (Å²) >= 11 is 5.53. The predicted molar refractivity (Wildman–Crippen MR) is 121 cm³/mol. The van der Waals surface area contributed by atoms with E-state index in [9.17, 15) is 4.79 Å². The van der Waals surface area contributed by atoms with E-state index in [1.54, 1.807) is 0 Å². The number of hydrogen-bond acceptors (Lipinski definition) is 4. The average Bonchev–Trinajstić information content (AvgIpc) is 2.62. The minimum Gasteiger partial charge on any atom is -0.467 e. The summed E-state index contributed by atoms with van der Waals surface area (Å²) in [5.74, 6) is 1.07. The summed E-state index contributed by atoms with van der Waals surface area (Å²) in [6, 6.07) is 12.4. The molecular formula is C24H28N2O3S. The quantitative estimate of drug-likeness (QED) is 0.421. The molecule has 2 aliphatic heterocycles. The van der Waals surface area contributed by atoms with Crippen molar-refractivity contribution >= 4 is 23.3 Å². The van der Waals surface area contributed by atoms with E-state index in [0.29, 0.717) is 10.9 Å². The molecule has 1 saturated heterocycles. The first-order valence-corrected chi connectivity index (χ1v) is 10.7. The molecule has 2 aromatic carbocycles. The Balaban J connectivity index is 1.88. The van der Waals surface area contributed by atoms with Crippen molar-refractivity contribution in [1.29, 1.82) is 0 Å². The molecule has 2 N–H and O–H groups in total. The van der Waals surface area contributed by atoms with Crippen LogP contribution < -0.4 is 20.1 Å². The van der Waals surface area contributed by atoms with Gasteiger partial charge in [-0.1, -0.05) is 30.3 Å². The molecule has 2 atom stereocenters. The first-order valence-electron chi connectivity index (χ1n) is 10.3. The molecule has 0 unspecified atom stereocenters. The molecule has 4 rings (SSSR count). The molecule has 6 heteroatoms. The second kappa shape index (κ2) is 7.27. The van der Waals surface area contributed by atoms with Gasteiger partial charge >= 0.3 is 5.97 Å². The van der Waals surface area contributed by atoms with Gasteiger partial charge in [-0.05, 0) is 57.1 Å². The molecule has 0 amide bonds. The Morgan fingerprint density at radius 3 is 2.53 bits per heavy atom. The van der Waals surface area contributed by atoms with Crippen LogP contribution in [-0.4, -0.2) is 22.3 Å². The van der Waals surface area contributed by atoms with Crippen LogP contribution in [0.3, 0.4) is 0 Å². The Labute approximate surface area is 183 Å². The van der Waals surface area contributed by atoms with Crippen LogP contribution in [0.1, 0.15) is 61.8 Å². The number of fused-ring (bicyclic) bond motifs is 1. The van der Waals surface area contributed by atoms with Crippen LogP contribution in [-0.2, 0) is 4.79 Å². The summed E-state index contributed by atoms with van der Waals surface area (Å²) in [4.78, 5) is 11.6. The van der Waals surface area contributed by atoms with E-state index in [4.69, 9.17) is 21.7 Å². The Kier molecular flexibility index (Phi) is 5.01. The summed E-state index contributed by atoms with van der Waals surface area (Å²) in [5, 5.41) is 7.36. The molecule has 2 heterocycles. The van der Waals surface area contributed by atoms with Gasteiger partial charge in [0.15, 0.2) is 10.8 Å². The Bertz CT molecular complexity index is 1030. The zero-order chi connectivity index (χ0) is 21.7. The summed E-state index contributed by atoms with van der Waals surface area (Å²) in [5.41, 5.74) is 3.58. The minimum atomic E-state index is -0.647. The highest BCUT2D eigenvalue weighted by Crippen LogP contribution is 2.50. The van der Waals surface area contributed by atoms with E-state index in [1.807, 2.05) is 19.1 Å². The van der Waals surface area contributed by atoms with Crippen LogP contribution in [0.25, 0.3) is 0 Å². The van der Waals surface area contributed by atoms with Crippen LogP contribution >= 0.6 is 12.2 Å². The second-order valence-electron chi connectivity index (χ2n) is 9.05. The van der Waals surface area contributed by atoms with E-state index < -0.39 is 5.72 Å². The number of benzene rings is 2. The Morgan fingerprint density at radius 1 is 1.13 bits per heavy atom. The molecule has 0 radical (unpaired) electrons. The highest BCUT2D eigenvalue weighted by molar-refractivity contribution is 7.80. The molecule has 0 aromatic heterocycles. The number of carbonyl (C=O) groups is 1. The molecule has 0 aliphatic carbocycles. The Morgan fingerprint density at radius 2 is 1.87 bits per heavy atom. The number of hydrogen-bond donors (Lipinski definition) is 2. The maximum atomic E-state index is 11.6. The molecule has 2 aliphatic rings. The van der Waals surface area contributed by atoms with Crippen molar-refractivity contribution in [3.8, 4) is 11.5 Å². The van der Waals surface area contributed by atoms with Crippen molar-refractivity contribution in [1.82, 2.24) is 10.6 Å². The summed E-state index contributed by atoms with van der Waals surface area (Å²) in [7, 11) is 0. The first kappa shape index (κ1) is 20.7. The zero-order valence-corrected chi connectivity index (χ0v) is 18.9. The molecule has 158 valence electrons. The monoisotopic (exact) mass is 424 g/mol. The van der Waals surface area contributed by atoms with Crippen molar-refractivity contribution in [3.05, 3.63) is 58.7 Å². The number of rotatable bonds is 2. The maximum absolute atomic E-state index is 11.6. The van der Waals surface area contributed by atoms with Gasteiger partial charge in [0.25, 0.3) is 0 Å². The van der Waals surface area contributed by atoms with Crippen molar-refractivity contribution in [2.24, 2.45) is 0 Å². The van der Waals surface area contributed by atoms with Crippen LogP contribution in [0.2, 0.25) is 0 Å². The third kappa shape index (κ3) is 3.76. The number of nitrogens with one attached hydrogen (secondary N) is 2. The largest absolute Gasteiger partial charge is 0.467 e. The van der Waals surface area contributed by atoms with Crippen LogP contribution in [0, 0.1) is 13.8 Å². The normalized spacial score (nSPS) is 24.3. The molecule has 30 heavy (non-hydrogen) atoms. The van der Waals surface area contributed by atoms with Gasteiger partial charge in [0, 0.05) is 42.3 Å². The third-order valence-electron chi connectivity index (χ3n) is 5.93. The van der Waals surface area contributed by atoms with Gasteiger partial charge in [-0.25, -0.2) is 0 Å². The number of ether oxygens (including phenoxy) is 2. The lowest BCUT2D eigenvalue weighted by atomic mass is 9.76. The lowest BCUT2D eigenvalue weighted by Crippen LogP contribution is -2.69. The predicted octanol–water partition coefficient (Wildman–Crippen LogP) is 4.49. The van der Waals surface area contributed by atoms with E-state index in [1.165, 1.54) is 18.1 Å². The minimum absolute atomic E-state index is 0.129. The lowest BCUT2D eigenvalue weighted by molar-refractivity contribution is -0.131. The van der Waals surface area contributed by atoms with Gasteiger partial charge in [0.1, 0.15) is 11.5 Å². The smallest absolute Gasteiger partial charge is 0.308 e. The van der Waals surface area contributed by atoms with Crippen LogP contribution in [0.4, 0.5) is 0 Å². The second-order valence-corrected chi connectivity index (χ2v) is 9.46. The number of esters is 1. The Hall–Kier alpha value is -2.60. The standard InChI is InChI=1S/C24H28N2O3S/c1-14-8-6-7-9-17(14)19-12-24(13-23(4,5)25-22(30)26-24)29-21-15(2)20(28-16(3)27)11-10-18(19)21/h6-11,19H,12-13H2,1-5H3,(H2,25,26,30)/t19-,24+/m1/s1. The molecule has 0 saturated carbocycles. The molecule has 5 nitrogen and oxygen atoms in total. The van der Waals surface area contributed by atoms with Gasteiger partial charge in [-0.2, -0.15) is 0 Å². The molecule has 0 bridgehead atoms. The van der Waals surface area contributed by atoms with E-state index in [0.717, 1.165) is 29.7 Å². The number of carbonyl (C=O) groups excluding carboxylic acids is 1. The lowest BCUT2D eigenvalue weighted by Gasteiger charge is -2.51. The molecule has 1 fully saturated rings. The average molecular weight is 425 g/mol. The summed E-state index contributed by atoms with van der Waals surface area (Å²) < 4.78 is 12.1. The van der Waals surface area contributed by atoms with E-state index in [-0.39, 0.29) is 17.4 Å². The first-order chi connectivity index (χ1) is 14.1. The molecule has 2 aromatic rings. The summed E-state index contributed by atoms with van der Waals surface area (Å²) in [6.07, 6.45) is 1.49. The zero-order valence-electron chi connectivity index (χ0n) is 18.1. The van der Waals surface area contributed by atoms with Gasteiger partial charge in [-0.3, -0.25) is 4.79 Å². The molecular weight excluding hydrogens is 396 g/mol. The fourth-order valence-corrected chi connectivity index (χ4v) is 5.30. The SMILES string of the molecule is CC(=O)Oc1ccc2c(c1C)O[C@@]1(C[C@@H]2c2ccccc2C)CC(C)(C)NC(=S)N1. The van der Waals surface area contributed by atoms with Gasteiger partial charge < -0.3 is 20.1 Å². The van der Waals surface area contributed by atoms with Gasteiger partial charge in [0.05, 0.1) is 0 Å². The van der Waals surface area contributed by atoms with Crippen molar-refractivity contribution in [2.45, 2.75) is 64.6 Å². The van der Waals surface area contributed by atoms with E-state index in [2.05, 4.69) is 55.7 Å². The van der Waals surface area contributed by atoms with Gasteiger partial charge in [-0.15, -0.1) is 0 Å². The fraction of sp³-hybridized carbons (Fsp3) is 0.417. The fourth-order valence-electron chi connectivity index (χ4n) is 4.83. The number of aryl methyl sites for hydroxylation is 1. The van der Waals surface area contributed by atoms with E-state index >= 15 is 0 Å². The highest BCUT2D eigenvalue weighted by atomic mass is 32.1. The highest BCUT2D eigenvalue weighted by Gasteiger charge is 2.49. The van der Waals surface area contributed by atoms with Crippen molar-refractivity contribution < 1.29 is 14.3 Å². The van der Waals surface area contributed by atoms with Crippen molar-refractivity contribution in [3.63, 3.8) is 0 Å². The molecule has 1 spiro atoms. The van der Waals surface area contributed by atoms with Crippen LogP contribution in [0.5, 0.6) is 11.5 Å². The van der Waals surface area contributed by atoms with Crippen LogP contribution in [0.15, 0.2) is 36.4 Å². The topological polar surface area (TPSA) is 59.6 Å². The van der Waals surface area contributed by atoms with Crippen molar-refractivity contribution in [2.75, 3.05) is 0 Å². The number of thiocarbonyl (C=S) groups is 1. The van der Waals surface area contributed by atoms with Gasteiger partial charge in [0.2, 0.25) is 0 Å². The summed E-state index contributed by atoms with van der Waals surface area (Å²) in [6.45, 7) is 9.75.